The Balaban J connectivity index is 1.53. The first-order valence-corrected chi connectivity index (χ1v) is 9.26. The predicted molar refractivity (Wildman–Crippen MR) is 96.2 cm³/mol. The number of aryl methyl sites for hydroxylation is 1. The van der Waals surface area contributed by atoms with Crippen molar-refractivity contribution in [2.45, 2.75) is 19.3 Å². The van der Waals surface area contributed by atoms with E-state index in [2.05, 4.69) is 6.07 Å². The molecule has 4 nitrogen and oxygen atoms in total. The Hall–Kier alpha value is -2.14. The Labute approximate surface area is 146 Å². The van der Waals surface area contributed by atoms with Gasteiger partial charge in [0.05, 0.1) is 0 Å². The van der Waals surface area contributed by atoms with E-state index in [0.29, 0.717) is 26.1 Å². The maximum Gasteiger partial charge on any atom is 0.253 e. The second-order valence-electron chi connectivity index (χ2n) is 5.97. The van der Waals surface area contributed by atoms with Gasteiger partial charge in [-0.25, -0.2) is 0 Å². The molecule has 0 radical (unpaired) electrons. The van der Waals surface area contributed by atoms with E-state index < -0.39 is 0 Å². The fourth-order valence-corrected chi connectivity index (χ4v) is 3.69. The first-order valence-electron chi connectivity index (χ1n) is 8.38. The van der Waals surface area contributed by atoms with Gasteiger partial charge in [-0.1, -0.05) is 24.3 Å². The minimum absolute atomic E-state index is 0.0588. The van der Waals surface area contributed by atoms with Crippen LogP contribution >= 0.6 is 11.3 Å². The lowest BCUT2D eigenvalue weighted by Gasteiger charge is -2.22. The molecule has 0 saturated carbocycles. The van der Waals surface area contributed by atoms with Crippen LogP contribution in [0, 0.1) is 0 Å². The summed E-state index contributed by atoms with van der Waals surface area (Å²) in [5.41, 5.74) is 0.718. The van der Waals surface area contributed by atoms with Crippen LogP contribution in [-0.4, -0.2) is 47.8 Å². The van der Waals surface area contributed by atoms with E-state index in [1.807, 2.05) is 51.6 Å². The Kier molecular flexibility index (Phi) is 5.64. The molecule has 126 valence electrons. The maximum absolute atomic E-state index is 12.5. The second-order valence-corrected chi connectivity index (χ2v) is 7.00. The normalized spacial score (nSPS) is 15.2. The molecular weight excluding hydrogens is 320 g/mol. The number of hydrogen-bond donors (Lipinski definition) is 0. The van der Waals surface area contributed by atoms with Gasteiger partial charge in [-0.15, -0.1) is 11.3 Å². The molecule has 1 saturated heterocycles. The Morgan fingerprint density at radius 1 is 0.917 bits per heavy atom. The van der Waals surface area contributed by atoms with Crippen molar-refractivity contribution in [3.63, 3.8) is 0 Å². The van der Waals surface area contributed by atoms with Gasteiger partial charge in [-0.05, 0) is 36.4 Å². The van der Waals surface area contributed by atoms with Crippen molar-refractivity contribution in [3.8, 4) is 0 Å². The number of thiophene rings is 1. The van der Waals surface area contributed by atoms with Crippen LogP contribution in [0.3, 0.4) is 0 Å². The molecule has 3 rings (SSSR count). The van der Waals surface area contributed by atoms with Gasteiger partial charge in [0.2, 0.25) is 5.91 Å². The minimum Gasteiger partial charge on any atom is -0.341 e. The standard InChI is InChI=1S/C19H22N2O2S/c22-18(10-9-17-8-4-15-24-17)20-11-5-12-21(14-13-20)19(23)16-6-2-1-3-7-16/h1-4,6-8,15H,5,9-14H2. The van der Waals surface area contributed by atoms with Crippen LogP contribution in [0.2, 0.25) is 0 Å². The average Bonchev–Trinajstić information content (AvgIpc) is 3.02. The Bertz CT molecular complexity index is 670. The highest BCUT2D eigenvalue weighted by Crippen LogP contribution is 2.14. The maximum atomic E-state index is 12.5. The van der Waals surface area contributed by atoms with Crippen LogP contribution in [-0.2, 0) is 11.2 Å². The van der Waals surface area contributed by atoms with Crippen molar-refractivity contribution < 1.29 is 9.59 Å². The van der Waals surface area contributed by atoms with Crippen LogP contribution in [0.4, 0.5) is 0 Å². The van der Waals surface area contributed by atoms with Crippen LogP contribution in [0.5, 0.6) is 0 Å². The molecule has 0 N–H and O–H groups in total. The van der Waals surface area contributed by atoms with E-state index in [1.54, 1.807) is 11.3 Å². The van der Waals surface area contributed by atoms with E-state index in [9.17, 15) is 9.59 Å². The van der Waals surface area contributed by atoms with Gasteiger partial charge in [0.25, 0.3) is 5.91 Å². The summed E-state index contributed by atoms with van der Waals surface area (Å²) < 4.78 is 0. The van der Waals surface area contributed by atoms with Crippen molar-refractivity contribution in [1.29, 1.82) is 0 Å². The SMILES string of the molecule is O=C(CCc1cccs1)N1CCCN(C(=O)c2ccccc2)CC1. The summed E-state index contributed by atoms with van der Waals surface area (Å²) in [6, 6.07) is 13.4. The fraction of sp³-hybridized carbons (Fsp3) is 0.368. The molecule has 0 spiro atoms. The number of amides is 2. The summed E-state index contributed by atoms with van der Waals surface area (Å²) in [5, 5.41) is 2.04. The predicted octanol–water partition coefficient (Wildman–Crippen LogP) is 3.06. The zero-order valence-corrected chi connectivity index (χ0v) is 14.5. The molecule has 0 unspecified atom stereocenters. The highest BCUT2D eigenvalue weighted by atomic mass is 32.1. The van der Waals surface area contributed by atoms with E-state index in [4.69, 9.17) is 0 Å². The molecule has 1 aromatic heterocycles. The smallest absolute Gasteiger partial charge is 0.253 e. The number of benzene rings is 1. The molecule has 0 aliphatic carbocycles. The molecule has 1 aliphatic rings. The topological polar surface area (TPSA) is 40.6 Å². The lowest BCUT2D eigenvalue weighted by Crippen LogP contribution is -2.37. The summed E-state index contributed by atoms with van der Waals surface area (Å²) >= 11 is 1.69. The Morgan fingerprint density at radius 3 is 2.42 bits per heavy atom. The summed E-state index contributed by atoms with van der Waals surface area (Å²) in [7, 11) is 0. The average molecular weight is 342 g/mol. The lowest BCUT2D eigenvalue weighted by molar-refractivity contribution is -0.131. The Morgan fingerprint density at radius 2 is 1.67 bits per heavy atom. The monoisotopic (exact) mass is 342 g/mol. The molecule has 2 amide bonds. The van der Waals surface area contributed by atoms with Gasteiger partial charge >= 0.3 is 0 Å². The van der Waals surface area contributed by atoms with Crippen LogP contribution in [0.25, 0.3) is 0 Å². The molecular formula is C19H22N2O2S. The number of nitrogens with zero attached hydrogens (tertiary/aromatic N) is 2. The van der Waals surface area contributed by atoms with Gasteiger partial charge in [0.15, 0.2) is 0 Å². The number of rotatable bonds is 4. The highest BCUT2D eigenvalue weighted by molar-refractivity contribution is 7.09. The van der Waals surface area contributed by atoms with Crippen LogP contribution < -0.4 is 0 Å². The summed E-state index contributed by atoms with van der Waals surface area (Å²) in [5.74, 6) is 0.251. The van der Waals surface area contributed by atoms with Crippen LogP contribution in [0.1, 0.15) is 28.1 Å². The van der Waals surface area contributed by atoms with Gasteiger partial charge in [-0.2, -0.15) is 0 Å². The lowest BCUT2D eigenvalue weighted by atomic mass is 10.2. The third-order valence-corrected chi connectivity index (χ3v) is 5.26. The highest BCUT2D eigenvalue weighted by Gasteiger charge is 2.22. The summed E-state index contributed by atoms with van der Waals surface area (Å²) in [4.78, 5) is 30.0. The number of hydrogen-bond acceptors (Lipinski definition) is 3. The van der Waals surface area contributed by atoms with Crippen molar-refractivity contribution in [2.24, 2.45) is 0 Å². The number of carbonyl (C=O) groups excluding carboxylic acids is 2. The summed E-state index contributed by atoms with van der Waals surface area (Å²) in [6.45, 7) is 2.69. The number of carbonyl (C=O) groups is 2. The van der Waals surface area contributed by atoms with Gasteiger partial charge in [-0.3, -0.25) is 9.59 Å². The second kappa shape index (κ2) is 8.11. The summed E-state index contributed by atoms with van der Waals surface area (Å²) in [6.07, 6.45) is 2.19. The molecule has 0 atom stereocenters. The van der Waals surface area contributed by atoms with Crippen molar-refractivity contribution in [2.75, 3.05) is 26.2 Å². The first-order chi connectivity index (χ1) is 11.7. The van der Waals surface area contributed by atoms with E-state index in [1.165, 1.54) is 4.88 Å². The quantitative estimate of drug-likeness (QED) is 0.857. The molecule has 5 heteroatoms. The van der Waals surface area contributed by atoms with E-state index >= 15 is 0 Å². The van der Waals surface area contributed by atoms with E-state index in [-0.39, 0.29) is 11.8 Å². The molecule has 0 bridgehead atoms. The molecule has 2 heterocycles. The van der Waals surface area contributed by atoms with Crippen molar-refractivity contribution in [3.05, 3.63) is 58.3 Å². The zero-order valence-electron chi connectivity index (χ0n) is 13.7. The van der Waals surface area contributed by atoms with Crippen molar-refractivity contribution in [1.82, 2.24) is 9.80 Å². The van der Waals surface area contributed by atoms with Crippen molar-refractivity contribution >= 4 is 23.2 Å². The van der Waals surface area contributed by atoms with Gasteiger partial charge < -0.3 is 9.80 Å². The third kappa shape index (κ3) is 4.23. The molecule has 2 aromatic rings. The molecule has 24 heavy (non-hydrogen) atoms. The fourth-order valence-electron chi connectivity index (χ4n) is 2.98. The zero-order chi connectivity index (χ0) is 16.8. The third-order valence-electron chi connectivity index (χ3n) is 4.32. The van der Waals surface area contributed by atoms with Gasteiger partial charge in [0, 0.05) is 43.0 Å². The minimum atomic E-state index is 0.0588. The van der Waals surface area contributed by atoms with Gasteiger partial charge in [0.1, 0.15) is 0 Å². The first kappa shape index (κ1) is 16.7. The van der Waals surface area contributed by atoms with Crippen LogP contribution in [0.15, 0.2) is 47.8 Å². The molecule has 1 aliphatic heterocycles. The molecule has 1 fully saturated rings. The molecule has 1 aromatic carbocycles. The largest absolute Gasteiger partial charge is 0.341 e. The van der Waals surface area contributed by atoms with E-state index in [0.717, 1.165) is 24.9 Å².